The Morgan fingerprint density at radius 2 is 1.98 bits per heavy atom. The van der Waals surface area contributed by atoms with Crippen LogP contribution in [0.5, 0.6) is 11.8 Å². The van der Waals surface area contributed by atoms with E-state index in [1.165, 1.54) is 18.2 Å². The number of carbonyl (C=O) groups is 1. The SMILES string of the molecule is C#Cc1c(F)ccc2c1[C@H](c1ncc3c(N4CCOC[C@@H](NC(=O)C=C)C4)nc(OCC4(CN5CCOCC5)CC4)nc3c1F)CCO2. The molecule has 0 bridgehead atoms. The zero-order valence-corrected chi connectivity index (χ0v) is 26.7. The molecule has 1 amide bonds. The molecule has 3 fully saturated rings. The second kappa shape index (κ2) is 13.6. The highest BCUT2D eigenvalue weighted by atomic mass is 19.1. The fourth-order valence-corrected chi connectivity index (χ4v) is 6.81. The fourth-order valence-electron chi connectivity index (χ4n) is 6.81. The first kappa shape index (κ1) is 32.2. The average Bonchev–Trinajstić information content (AvgIpc) is 3.91. The molecule has 5 heterocycles. The van der Waals surface area contributed by atoms with Gasteiger partial charge < -0.3 is 29.2 Å². The molecule has 1 saturated carbocycles. The molecule has 252 valence electrons. The second-order valence-corrected chi connectivity index (χ2v) is 12.8. The van der Waals surface area contributed by atoms with Crippen LogP contribution in [0.1, 0.15) is 42.0 Å². The maximum Gasteiger partial charge on any atom is 0.319 e. The molecule has 3 aromatic rings. The maximum atomic E-state index is 16.9. The van der Waals surface area contributed by atoms with Crippen molar-refractivity contribution in [2.75, 3.05) is 77.3 Å². The van der Waals surface area contributed by atoms with Gasteiger partial charge in [-0.15, -0.1) is 6.42 Å². The summed E-state index contributed by atoms with van der Waals surface area (Å²) in [7, 11) is 0. The van der Waals surface area contributed by atoms with Crippen LogP contribution in [0.2, 0.25) is 0 Å². The van der Waals surface area contributed by atoms with Gasteiger partial charge in [-0.05, 0) is 37.5 Å². The minimum atomic E-state index is -0.664. The van der Waals surface area contributed by atoms with Crippen LogP contribution in [0.4, 0.5) is 14.6 Å². The summed E-state index contributed by atoms with van der Waals surface area (Å²) in [5.41, 5.74) is 0.505. The molecule has 2 aromatic heterocycles. The van der Waals surface area contributed by atoms with Crippen molar-refractivity contribution in [3.63, 3.8) is 0 Å². The normalized spacial score (nSPS) is 22.1. The molecular formula is C35H38F2N6O5. The lowest BCUT2D eigenvalue weighted by atomic mass is 9.86. The van der Waals surface area contributed by atoms with Gasteiger partial charge in [0.1, 0.15) is 22.9 Å². The number of hydrogen-bond acceptors (Lipinski definition) is 10. The number of nitrogens with one attached hydrogen (secondary N) is 1. The number of morpholine rings is 1. The van der Waals surface area contributed by atoms with Crippen LogP contribution >= 0.6 is 0 Å². The number of benzene rings is 1. The van der Waals surface area contributed by atoms with E-state index in [1.54, 1.807) is 6.20 Å². The minimum absolute atomic E-state index is 0.0260. The molecule has 11 nitrogen and oxygen atoms in total. The number of terminal acetylenes is 1. The summed E-state index contributed by atoms with van der Waals surface area (Å²) in [6.45, 7) is 9.69. The third-order valence-electron chi connectivity index (χ3n) is 9.54. The molecule has 3 aliphatic heterocycles. The van der Waals surface area contributed by atoms with E-state index in [4.69, 9.17) is 30.4 Å². The lowest BCUT2D eigenvalue weighted by molar-refractivity contribution is -0.117. The molecule has 1 aliphatic carbocycles. The molecule has 4 aliphatic rings. The molecule has 13 heteroatoms. The summed E-state index contributed by atoms with van der Waals surface area (Å²) in [4.78, 5) is 30.5. The molecule has 2 saturated heterocycles. The zero-order chi connectivity index (χ0) is 33.3. The summed E-state index contributed by atoms with van der Waals surface area (Å²) < 4.78 is 55.1. The predicted octanol–water partition coefficient (Wildman–Crippen LogP) is 3.20. The van der Waals surface area contributed by atoms with Crippen molar-refractivity contribution in [1.82, 2.24) is 25.2 Å². The van der Waals surface area contributed by atoms with E-state index in [9.17, 15) is 9.18 Å². The summed E-state index contributed by atoms with van der Waals surface area (Å²) in [5, 5.41) is 3.26. The van der Waals surface area contributed by atoms with Gasteiger partial charge in [-0.2, -0.15) is 9.97 Å². The number of aromatic nitrogens is 3. The Morgan fingerprint density at radius 1 is 1.17 bits per heavy atom. The number of halogens is 2. The number of pyridine rings is 1. The molecule has 2 atom stereocenters. The first-order valence-corrected chi connectivity index (χ1v) is 16.3. The molecule has 1 N–H and O–H groups in total. The Kier molecular flexibility index (Phi) is 9.13. The minimum Gasteiger partial charge on any atom is -0.493 e. The van der Waals surface area contributed by atoms with Gasteiger partial charge in [-0.25, -0.2) is 8.78 Å². The molecule has 0 radical (unpaired) electrons. The third kappa shape index (κ3) is 6.52. The summed E-state index contributed by atoms with van der Waals surface area (Å²) >= 11 is 0. The first-order chi connectivity index (χ1) is 23.4. The zero-order valence-electron chi connectivity index (χ0n) is 26.7. The fraction of sp³-hybridized carbons (Fsp3) is 0.486. The van der Waals surface area contributed by atoms with Crippen molar-refractivity contribution in [3.8, 4) is 24.1 Å². The van der Waals surface area contributed by atoms with Crippen molar-refractivity contribution in [2.24, 2.45) is 5.41 Å². The van der Waals surface area contributed by atoms with E-state index in [-0.39, 0.29) is 46.8 Å². The topological polar surface area (TPSA) is 111 Å². The van der Waals surface area contributed by atoms with Crippen molar-refractivity contribution >= 4 is 22.6 Å². The first-order valence-electron chi connectivity index (χ1n) is 16.3. The molecule has 48 heavy (non-hydrogen) atoms. The number of ether oxygens (including phenoxy) is 4. The van der Waals surface area contributed by atoms with Gasteiger partial charge in [0.25, 0.3) is 0 Å². The monoisotopic (exact) mass is 660 g/mol. The molecule has 1 aromatic carbocycles. The number of nitrogens with zero attached hydrogens (tertiary/aromatic N) is 5. The van der Waals surface area contributed by atoms with Crippen molar-refractivity contribution in [3.05, 3.63) is 59.4 Å². The standard InChI is InChI=1S/C35H38F2N6O5/c1-3-23-26(36)5-6-27-29(23)24(7-13-47-27)31-30(37)32-25(17-38-31)33(43-12-16-46-19-22(18-43)39-28(44)4-2)41-34(40-32)48-21-35(8-9-35)20-42-10-14-45-15-11-42/h1,4-6,17,22,24H,2,7-16,18-21H2,(H,39,44)/t22-,24+/m0/s1. The third-order valence-corrected chi connectivity index (χ3v) is 9.54. The lowest BCUT2D eigenvalue weighted by Gasteiger charge is -2.30. The number of carbonyl (C=O) groups excluding carboxylic acids is 1. The van der Waals surface area contributed by atoms with E-state index in [0.717, 1.165) is 32.5 Å². The number of hydrogen-bond donors (Lipinski definition) is 1. The Morgan fingerprint density at radius 3 is 2.75 bits per heavy atom. The van der Waals surface area contributed by atoms with Crippen molar-refractivity contribution < 1.29 is 32.5 Å². The van der Waals surface area contributed by atoms with Gasteiger partial charge in [-0.1, -0.05) is 12.5 Å². The van der Waals surface area contributed by atoms with Crippen LogP contribution in [-0.4, -0.2) is 104 Å². The molecular weight excluding hydrogens is 622 g/mol. The molecule has 0 unspecified atom stereocenters. The highest BCUT2D eigenvalue weighted by molar-refractivity contribution is 5.90. The van der Waals surface area contributed by atoms with Gasteiger partial charge in [-0.3, -0.25) is 14.7 Å². The predicted molar refractivity (Wildman–Crippen MR) is 173 cm³/mol. The lowest BCUT2D eigenvalue weighted by Crippen LogP contribution is -2.44. The number of rotatable bonds is 9. The smallest absolute Gasteiger partial charge is 0.319 e. The van der Waals surface area contributed by atoms with E-state index >= 15 is 4.39 Å². The highest BCUT2D eigenvalue weighted by Gasteiger charge is 2.45. The van der Waals surface area contributed by atoms with Gasteiger partial charge in [0.05, 0.1) is 62.3 Å². The largest absolute Gasteiger partial charge is 0.493 e. The van der Waals surface area contributed by atoms with E-state index in [0.29, 0.717) is 75.1 Å². The van der Waals surface area contributed by atoms with Crippen LogP contribution in [0, 0.1) is 29.4 Å². The van der Waals surface area contributed by atoms with Crippen LogP contribution < -0.4 is 19.7 Å². The maximum absolute atomic E-state index is 16.9. The number of fused-ring (bicyclic) bond motifs is 2. The van der Waals surface area contributed by atoms with E-state index in [1.807, 2.05) is 4.90 Å². The highest BCUT2D eigenvalue weighted by Crippen LogP contribution is 2.47. The summed E-state index contributed by atoms with van der Waals surface area (Å²) in [5.74, 6) is 1.01. The van der Waals surface area contributed by atoms with E-state index < -0.39 is 17.6 Å². The quantitative estimate of drug-likeness (QED) is 0.272. The van der Waals surface area contributed by atoms with Gasteiger partial charge in [0.15, 0.2) is 5.82 Å². The Balaban J connectivity index is 1.27. The summed E-state index contributed by atoms with van der Waals surface area (Å²) in [6.07, 6.45) is 10.8. The molecule has 0 spiro atoms. The van der Waals surface area contributed by atoms with E-state index in [2.05, 4.69) is 32.7 Å². The second-order valence-electron chi connectivity index (χ2n) is 12.8. The average molecular weight is 661 g/mol. The Bertz CT molecular complexity index is 1760. The van der Waals surface area contributed by atoms with Gasteiger partial charge >= 0.3 is 6.01 Å². The van der Waals surface area contributed by atoms with Crippen molar-refractivity contribution in [2.45, 2.75) is 31.2 Å². The van der Waals surface area contributed by atoms with Gasteiger partial charge in [0.2, 0.25) is 5.91 Å². The summed E-state index contributed by atoms with van der Waals surface area (Å²) in [6, 6.07) is 2.44. The number of amides is 1. The molecule has 7 rings (SSSR count). The van der Waals surface area contributed by atoms with Crippen LogP contribution in [0.3, 0.4) is 0 Å². The van der Waals surface area contributed by atoms with Crippen LogP contribution in [0.25, 0.3) is 10.9 Å². The number of anilines is 1. The van der Waals surface area contributed by atoms with Crippen molar-refractivity contribution in [1.29, 1.82) is 0 Å². The Hall–Kier alpha value is -4.38. The van der Waals surface area contributed by atoms with Crippen LogP contribution in [-0.2, 0) is 14.3 Å². The van der Waals surface area contributed by atoms with Crippen LogP contribution in [0.15, 0.2) is 31.0 Å². The van der Waals surface area contributed by atoms with Gasteiger partial charge in [0, 0.05) is 55.8 Å². The Labute approximate surface area is 277 Å².